The molecule has 0 aliphatic carbocycles. The van der Waals surface area contributed by atoms with Gasteiger partial charge < -0.3 is 14.6 Å². The molecular formula is C28H29NO3. The summed E-state index contributed by atoms with van der Waals surface area (Å²) >= 11 is 0. The van der Waals surface area contributed by atoms with Crippen molar-refractivity contribution in [3.05, 3.63) is 89.5 Å². The van der Waals surface area contributed by atoms with Crippen molar-refractivity contribution in [3.8, 4) is 17.2 Å². The predicted molar refractivity (Wildman–Crippen MR) is 128 cm³/mol. The van der Waals surface area contributed by atoms with Crippen LogP contribution in [0.15, 0.2) is 72.8 Å². The lowest BCUT2D eigenvalue weighted by Gasteiger charge is -2.31. The van der Waals surface area contributed by atoms with Crippen molar-refractivity contribution in [3.63, 3.8) is 0 Å². The van der Waals surface area contributed by atoms with Crippen LogP contribution >= 0.6 is 0 Å². The second-order valence-electron chi connectivity index (χ2n) is 8.55. The van der Waals surface area contributed by atoms with Crippen LogP contribution in [0.1, 0.15) is 42.6 Å². The maximum Gasteiger partial charge on any atom is 0.150 e. The molecule has 3 aromatic carbocycles. The number of hydrogen-bond donors (Lipinski definition) is 1. The number of hydrogen-bond acceptors (Lipinski definition) is 4. The highest BCUT2D eigenvalue weighted by atomic mass is 16.5. The summed E-state index contributed by atoms with van der Waals surface area (Å²) < 4.78 is 12.5. The molecule has 4 nitrogen and oxygen atoms in total. The topological polar surface area (TPSA) is 41.9 Å². The van der Waals surface area contributed by atoms with E-state index >= 15 is 0 Å². The molecule has 1 atom stereocenters. The van der Waals surface area contributed by atoms with Gasteiger partial charge in [-0.15, -0.1) is 0 Å². The van der Waals surface area contributed by atoms with E-state index in [0.717, 1.165) is 45.9 Å². The van der Waals surface area contributed by atoms with E-state index in [2.05, 4.69) is 30.0 Å². The number of para-hydroxylation sites is 1. The first-order valence-electron chi connectivity index (χ1n) is 11.4. The lowest BCUT2D eigenvalue weighted by atomic mass is 9.86. The van der Waals surface area contributed by atoms with Crippen molar-refractivity contribution >= 4 is 11.1 Å². The Hall–Kier alpha value is -3.24. The molecule has 0 amide bonds. The summed E-state index contributed by atoms with van der Waals surface area (Å²) in [6.45, 7) is 6.19. The SMILES string of the molecule is CC1=C(c2cccc(O)c2)C(c2ccc(OCCN3CCCC3)cc2)Oc2ccccc21. The number of phenolic OH excluding ortho intramolecular Hbond substituents is 1. The largest absolute Gasteiger partial charge is 0.508 e. The quantitative estimate of drug-likeness (QED) is 0.529. The number of allylic oxidation sites excluding steroid dienone is 1. The first-order valence-corrected chi connectivity index (χ1v) is 11.4. The Morgan fingerprint density at radius 2 is 1.75 bits per heavy atom. The van der Waals surface area contributed by atoms with Gasteiger partial charge in [0.2, 0.25) is 0 Å². The average molecular weight is 428 g/mol. The molecule has 5 rings (SSSR count). The fraction of sp³-hybridized carbons (Fsp3) is 0.286. The van der Waals surface area contributed by atoms with Gasteiger partial charge in [0.15, 0.2) is 0 Å². The number of ether oxygens (including phenoxy) is 2. The fourth-order valence-electron chi connectivity index (χ4n) is 4.72. The Morgan fingerprint density at radius 3 is 2.53 bits per heavy atom. The van der Waals surface area contributed by atoms with Gasteiger partial charge in [-0.1, -0.05) is 42.5 Å². The summed E-state index contributed by atoms with van der Waals surface area (Å²) in [5.74, 6) is 2.01. The molecule has 1 fully saturated rings. The minimum atomic E-state index is -0.259. The highest BCUT2D eigenvalue weighted by molar-refractivity contribution is 5.95. The molecule has 0 spiro atoms. The Balaban J connectivity index is 1.41. The fourth-order valence-corrected chi connectivity index (χ4v) is 4.72. The molecule has 1 N–H and O–H groups in total. The molecule has 0 radical (unpaired) electrons. The number of fused-ring (bicyclic) bond motifs is 1. The molecule has 1 saturated heterocycles. The molecule has 2 aliphatic rings. The van der Waals surface area contributed by atoms with E-state index in [1.165, 1.54) is 25.9 Å². The Kier molecular flexibility index (Phi) is 5.87. The van der Waals surface area contributed by atoms with Crippen LogP contribution in [0.2, 0.25) is 0 Å². The van der Waals surface area contributed by atoms with Gasteiger partial charge in [-0.05, 0) is 79.9 Å². The molecule has 3 aromatic rings. The van der Waals surface area contributed by atoms with Crippen LogP contribution < -0.4 is 9.47 Å². The molecular weight excluding hydrogens is 398 g/mol. The van der Waals surface area contributed by atoms with Gasteiger partial charge in [-0.3, -0.25) is 4.90 Å². The molecule has 32 heavy (non-hydrogen) atoms. The van der Waals surface area contributed by atoms with Crippen LogP contribution in [-0.2, 0) is 0 Å². The molecule has 1 unspecified atom stereocenters. The van der Waals surface area contributed by atoms with Crippen molar-refractivity contribution in [2.75, 3.05) is 26.2 Å². The average Bonchev–Trinajstić information content (AvgIpc) is 3.33. The van der Waals surface area contributed by atoms with E-state index < -0.39 is 0 Å². The molecule has 0 saturated carbocycles. The summed E-state index contributed by atoms with van der Waals surface area (Å²) in [7, 11) is 0. The minimum Gasteiger partial charge on any atom is -0.508 e. The second-order valence-corrected chi connectivity index (χ2v) is 8.55. The molecule has 164 valence electrons. The van der Waals surface area contributed by atoms with Crippen LogP contribution in [-0.4, -0.2) is 36.2 Å². The van der Waals surface area contributed by atoms with E-state index in [-0.39, 0.29) is 11.9 Å². The Bertz CT molecular complexity index is 1110. The van der Waals surface area contributed by atoms with Gasteiger partial charge in [-0.2, -0.15) is 0 Å². The number of rotatable bonds is 6. The van der Waals surface area contributed by atoms with E-state index in [9.17, 15) is 5.11 Å². The maximum atomic E-state index is 10.1. The number of aromatic hydroxyl groups is 1. The van der Waals surface area contributed by atoms with Gasteiger partial charge in [-0.25, -0.2) is 0 Å². The zero-order chi connectivity index (χ0) is 21.9. The third-order valence-corrected chi connectivity index (χ3v) is 6.42. The standard InChI is InChI=1S/C28H29NO3/c1-20-25-9-2-3-10-26(25)32-28(27(20)22-7-6-8-23(30)19-22)21-11-13-24(14-12-21)31-18-17-29-15-4-5-16-29/h2-3,6-14,19,28,30H,4-5,15-18H2,1H3. The zero-order valence-corrected chi connectivity index (χ0v) is 18.5. The van der Waals surface area contributed by atoms with E-state index in [1.807, 2.05) is 42.5 Å². The van der Waals surface area contributed by atoms with E-state index in [0.29, 0.717) is 6.61 Å². The van der Waals surface area contributed by atoms with Crippen molar-refractivity contribution < 1.29 is 14.6 Å². The van der Waals surface area contributed by atoms with Gasteiger partial charge in [0, 0.05) is 17.7 Å². The van der Waals surface area contributed by atoms with E-state index in [1.54, 1.807) is 12.1 Å². The number of likely N-dealkylation sites (tertiary alicyclic amines) is 1. The first-order chi connectivity index (χ1) is 15.7. The van der Waals surface area contributed by atoms with Crippen LogP contribution in [0.25, 0.3) is 11.1 Å². The lowest BCUT2D eigenvalue weighted by molar-refractivity contribution is 0.237. The van der Waals surface area contributed by atoms with E-state index in [4.69, 9.17) is 9.47 Å². The number of phenols is 1. The van der Waals surface area contributed by atoms with Crippen LogP contribution in [0, 0.1) is 0 Å². The number of benzene rings is 3. The highest BCUT2D eigenvalue weighted by Gasteiger charge is 2.29. The van der Waals surface area contributed by atoms with Gasteiger partial charge >= 0.3 is 0 Å². The number of nitrogens with zero attached hydrogens (tertiary/aromatic N) is 1. The summed E-state index contributed by atoms with van der Waals surface area (Å²) in [4.78, 5) is 2.46. The Labute approximate surface area is 189 Å². The maximum absolute atomic E-state index is 10.1. The van der Waals surface area contributed by atoms with Crippen molar-refractivity contribution in [2.45, 2.75) is 25.9 Å². The summed E-state index contributed by atoms with van der Waals surface area (Å²) in [5.41, 5.74) is 5.34. The van der Waals surface area contributed by atoms with Crippen molar-refractivity contribution in [2.24, 2.45) is 0 Å². The van der Waals surface area contributed by atoms with Crippen molar-refractivity contribution in [1.29, 1.82) is 0 Å². The molecule has 4 heteroatoms. The summed E-state index contributed by atoms with van der Waals surface area (Å²) in [6, 6.07) is 23.7. The van der Waals surface area contributed by atoms with Gasteiger partial charge in [0.05, 0.1) is 0 Å². The van der Waals surface area contributed by atoms with Crippen molar-refractivity contribution in [1.82, 2.24) is 4.90 Å². The van der Waals surface area contributed by atoms with Gasteiger partial charge in [0.1, 0.15) is 30.0 Å². The predicted octanol–water partition coefficient (Wildman–Crippen LogP) is 5.93. The third-order valence-electron chi connectivity index (χ3n) is 6.42. The monoisotopic (exact) mass is 427 g/mol. The Morgan fingerprint density at radius 1 is 0.969 bits per heavy atom. The summed E-state index contributed by atoms with van der Waals surface area (Å²) in [6.07, 6.45) is 2.34. The van der Waals surface area contributed by atoms with Crippen LogP contribution in [0.5, 0.6) is 17.2 Å². The van der Waals surface area contributed by atoms with Crippen LogP contribution in [0.4, 0.5) is 0 Å². The smallest absolute Gasteiger partial charge is 0.150 e. The highest BCUT2D eigenvalue weighted by Crippen LogP contribution is 2.46. The normalized spacial score (nSPS) is 18.3. The van der Waals surface area contributed by atoms with Gasteiger partial charge in [0.25, 0.3) is 0 Å². The first kappa shape index (κ1) is 20.7. The molecule has 0 aromatic heterocycles. The molecule has 2 aliphatic heterocycles. The molecule has 2 heterocycles. The molecule has 0 bridgehead atoms. The lowest BCUT2D eigenvalue weighted by Crippen LogP contribution is -2.25. The zero-order valence-electron chi connectivity index (χ0n) is 18.5. The third kappa shape index (κ3) is 4.23. The van der Waals surface area contributed by atoms with Crippen LogP contribution in [0.3, 0.4) is 0 Å². The minimum absolute atomic E-state index is 0.252. The summed E-state index contributed by atoms with van der Waals surface area (Å²) in [5, 5.41) is 10.1. The second kappa shape index (κ2) is 9.09.